The molecule has 24 heavy (non-hydrogen) atoms. The van der Waals surface area contributed by atoms with E-state index in [0.29, 0.717) is 6.54 Å². The molecule has 2 N–H and O–H groups in total. The summed E-state index contributed by atoms with van der Waals surface area (Å²) in [6.07, 6.45) is -0.443. The summed E-state index contributed by atoms with van der Waals surface area (Å²) in [5, 5.41) is 10.4. The van der Waals surface area contributed by atoms with Crippen LogP contribution in [0.4, 0.5) is 5.69 Å². The van der Waals surface area contributed by atoms with Crippen LogP contribution >= 0.6 is 0 Å². The predicted octanol–water partition coefficient (Wildman–Crippen LogP) is 2.79. The SMILES string of the molecule is CC(C)(C)C(=O)N1OCOc2ccc3ccc4c(c3c2)CNC1N4. The Labute approximate surface area is 140 Å². The van der Waals surface area contributed by atoms with Crippen LogP contribution in [-0.4, -0.2) is 24.1 Å². The van der Waals surface area contributed by atoms with Gasteiger partial charge in [0.05, 0.1) is 0 Å². The van der Waals surface area contributed by atoms with Crippen molar-refractivity contribution >= 4 is 22.4 Å². The number of hydroxylamine groups is 2. The maximum Gasteiger partial charge on any atom is 0.254 e. The Hall–Kier alpha value is -2.31. The summed E-state index contributed by atoms with van der Waals surface area (Å²) in [6, 6.07) is 10.1. The monoisotopic (exact) mass is 327 g/mol. The van der Waals surface area contributed by atoms with E-state index in [2.05, 4.69) is 16.7 Å². The van der Waals surface area contributed by atoms with Crippen LogP contribution in [0, 0.1) is 5.41 Å². The third kappa shape index (κ3) is 2.48. The van der Waals surface area contributed by atoms with E-state index in [0.717, 1.165) is 22.2 Å². The van der Waals surface area contributed by atoms with Gasteiger partial charge >= 0.3 is 0 Å². The first-order valence-electron chi connectivity index (χ1n) is 8.08. The van der Waals surface area contributed by atoms with Gasteiger partial charge in [-0.2, -0.15) is 5.06 Å². The number of nitrogens with one attached hydrogen (secondary N) is 2. The molecule has 0 saturated heterocycles. The fourth-order valence-electron chi connectivity index (χ4n) is 3.05. The molecule has 0 radical (unpaired) electrons. The van der Waals surface area contributed by atoms with Gasteiger partial charge in [0, 0.05) is 17.6 Å². The van der Waals surface area contributed by atoms with Crippen molar-refractivity contribution < 1.29 is 14.4 Å². The summed E-state index contributed by atoms with van der Waals surface area (Å²) in [5.41, 5.74) is 1.60. The quantitative estimate of drug-likeness (QED) is 0.779. The van der Waals surface area contributed by atoms with Crippen molar-refractivity contribution in [2.75, 3.05) is 12.1 Å². The lowest BCUT2D eigenvalue weighted by Crippen LogP contribution is -2.57. The third-order valence-electron chi connectivity index (χ3n) is 4.36. The molecule has 3 aliphatic rings. The first kappa shape index (κ1) is 15.2. The molecule has 0 aliphatic carbocycles. The zero-order valence-electron chi connectivity index (χ0n) is 14.1. The highest BCUT2D eigenvalue weighted by Crippen LogP contribution is 2.33. The molecule has 1 unspecified atom stereocenters. The molecule has 5 bridgehead atoms. The van der Waals surface area contributed by atoms with Gasteiger partial charge in [0.25, 0.3) is 5.91 Å². The Morgan fingerprint density at radius 3 is 2.83 bits per heavy atom. The minimum atomic E-state index is -0.564. The molecule has 3 aliphatic heterocycles. The summed E-state index contributed by atoms with van der Waals surface area (Å²) < 4.78 is 5.69. The van der Waals surface area contributed by atoms with E-state index < -0.39 is 11.7 Å². The van der Waals surface area contributed by atoms with Crippen LogP contribution < -0.4 is 15.4 Å². The second-order valence-electron chi connectivity index (χ2n) is 7.17. The molecular formula is C18H21N3O3. The summed E-state index contributed by atoms with van der Waals surface area (Å²) in [7, 11) is 0. The lowest BCUT2D eigenvalue weighted by atomic mass is 9.95. The molecule has 0 fully saturated rings. The molecule has 6 heteroatoms. The lowest BCUT2D eigenvalue weighted by Gasteiger charge is -2.38. The number of hydrogen-bond donors (Lipinski definition) is 2. The van der Waals surface area contributed by atoms with Gasteiger partial charge in [0.15, 0.2) is 6.29 Å². The maximum atomic E-state index is 12.8. The van der Waals surface area contributed by atoms with E-state index >= 15 is 0 Å². The van der Waals surface area contributed by atoms with Crippen LogP contribution in [0.2, 0.25) is 0 Å². The second-order valence-corrected chi connectivity index (χ2v) is 7.17. The van der Waals surface area contributed by atoms with Gasteiger partial charge in [-0.3, -0.25) is 10.1 Å². The van der Waals surface area contributed by atoms with Crippen molar-refractivity contribution in [3.8, 4) is 5.75 Å². The molecule has 0 spiro atoms. The van der Waals surface area contributed by atoms with Crippen molar-refractivity contribution in [3.63, 3.8) is 0 Å². The van der Waals surface area contributed by atoms with Crippen LogP contribution in [0.1, 0.15) is 26.3 Å². The number of anilines is 1. The first-order chi connectivity index (χ1) is 11.4. The van der Waals surface area contributed by atoms with Crippen molar-refractivity contribution in [1.29, 1.82) is 0 Å². The van der Waals surface area contributed by atoms with Crippen LogP contribution in [0.3, 0.4) is 0 Å². The number of benzene rings is 2. The van der Waals surface area contributed by atoms with Crippen molar-refractivity contribution in [2.45, 2.75) is 33.6 Å². The number of hydrogen-bond acceptors (Lipinski definition) is 5. The number of carbonyl (C=O) groups excluding carboxylic acids is 1. The van der Waals surface area contributed by atoms with Crippen molar-refractivity contribution in [3.05, 3.63) is 35.9 Å². The topological polar surface area (TPSA) is 62.8 Å². The van der Waals surface area contributed by atoms with Gasteiger partial charge in [-0.15, -0.1) is 0 Å². The Kier molecular flexibility index (Phi) is 3.40. The molecule has 5 rings (SSSR count). The largest absolute Gasteiger partial charge is 0.465 e. The second kappa shape index (κ2) is 5.36. The first-order valence-corrected chi connectivity index (χ1v) is 8.08. The van der Waals surface area contributed by atoms with Crippen LogP contribution in [0.25, 0.3) is 10.8 Å². The molecule has 2 aromatic carbocycles. The molecule has 126 valence electrons. The van der Waals surface area contributed by atoms with Crippen LogP contribution in [-0.2, 0) is 16.2 Å². The van der Waals surface area contributed by atoms with Gasteiger partial charge in [0.2, 0.25) is 6.79 Å². The van der Waals surface area contributed by atoms with Gasteiger partial charge in [-0.25, -0.2) is 4.84 Å². The number of carbonyl (C=O) groups is 1. The fourth-order valence-corrected chi connectivity index (χ4v) is 3.05. The number of amides is 1. The van der Waals surface area contributed by atoms with Gasteiger partial charge in [-0.1, -0.05) is 32.9 Å². The number of ether oxygens (including phenoxy) is 1. The molecular weight excluding hydrogens is 306 g/mol. The van der Waals surface area contributed by atoms with E-state index in [1.54, 1.807) is 0 Å². The minimum Gasteiger partial charge on any atom is -0.465 e. The number of fused-ring (bicyclic) bond motifs is 4. The zero-order chi connectivity index (χ0) is 16.9. The fraction of sp³-hybridized carbons (Fsp3) is 0.389. The van der Waals surface area contributed by atoms with Gasteiger partial charge < -0.3 is 10.1 Å². The summed E-state index contributed by atoms with van der Waals surface area (Å²) >= 11 is 0. The maximum absolute atomic E-state index is 12.8. The Balaban J connectivity index is 1.80. The van der Waals surface area contributed by atoms with E-state index in [1.165, 1.54) is 10.6 Å². The van der Waals surface area contributed by atoms with E-state index in [4.69, 9.17) is 9.57 Å². The van der Waals surface area contributed by atoms with Crippen LogP contribution in [0.5, 0.6) is 5.75 Å². The molecule has 1 amide bonds. The molecule has 3 heterocycles. The van der Waals surface area contributed by atoms with E-state index in [1.807, 2.05) is 45.0 Å². The lowest BCUT2D eigenvalue weighted by molar-refractivity contribution is -0.231. The van der Waals surface area contributed by atoms with Gasteiger partial charge in [-0.05, 0) is 34.5 Å². The highest BCUT2D eigenvalue weighted by atomic mass is 16.8. The zero-order valence-corrected chi connectivity index (χ0v) is 14.1. The molecule has 1 atom stereocenters. The predicted molar refractivity (Wildman–Crippen MR) is 91.1 cm³/mol. The van der Waals surface area contributed by atoms with Crippen molar-refractivity contribution in [1.82, 2.24) is 10.4 Å². The van der Waals surface area contributed by atoms with E-state index in [-0.39, 0.29) is 12.7 Å². The number of rotatable bonds is 0. The summed E-state index contributed by atoms with van der Waals surface area (Å²) in [5.74, 6) is 0.607. The van der Waals surface area contributed by atoms with Crippen LogP contribution in [0.15, 0.2) is 30.3 Å². The Bertz CT molecular complexity index is 813. The third-order valence-corrected chi connectivity index (χ3v) is 4.36. The molecule has 6 nitrogen and oxygen atoms in total. The summed E-state index contributed by atoms with van der Waals surface area (Å²) in [4.78, 5) is 18.5. The van der Waals surface area contributed by atoms with E-state index in [9.17, 15) is 4.79 Å². The summed E-state index contributed by atoms with van der Waals surface area (Å²) in [6.45, 7) is 6.22. The molecule has 0 aromatic heterocycles. The smallest absolute Gasteiger partial charge is 0.254 e. The number of nitrogens with zero attached hydrogens (tertiary/aromatic N) is 1. The average molecular weight is 327 g/mol. The Morgan fingerprint density at radius 2 is 2.04 bits per heavy atom. The normalized spacial score (nSPS) is 20.0. The minimum absolute atomic E-state index is 0.0292. The molecule has 2 aromatic rings. The highest BCUT2D eigenvalue weighted by Gasteiger charge is 2.35. The van der Waals surface area contributed by atoms with Gasteiger partial charge in [0.1, 0.15) is 5.75 Å². The Morgan fingerprint density at radius 1 is 1.25 bits per heavy atom. The molecule has 0 saturated carbocycles. The highest BCUT2D eigenvalue weighted by molar-refractivity contribution is 5.91. The van der Waals surface area contributed by atoms with Crippen molar-refractivity contribution in [2.24, 2.45) is 5.41 Å². The average Bonchev–Trinajstić information content (AvgIpc) is 2.58. The standard InChI is InChI=1S/C18H21N3O3/c1-18(2,3)16(22)21-17-19-9-14-13-8-12(23-10-24-21)6-4-11(13)5-7-15(14)20-17/h4-8,17,19-20H,9-10H2,1-3H3.